The molecule has 92 valence electrons. The fourth-order valence-corrected chi connectivity index (χ4v) is 2.82. The summed E-state index contributed by atoms with van der Waals surface area (Å²) in [4.78, 5) is 19.6. The van der Waals surface area contributed by atoms with E-state index in [0.29, 0.717) is 18.4 Å². The van der Waals surface area contributed by atoms with Crippen LogP contribution in [-0.2, 0) is 0 Å². The van der Waals surface area contributed by atoms with Crippen LogP contribution in [-0.4, -0.2) is 52.9 Å². The Bertz CT molecular complexity index is 413. The zero-order valence-corrected chi connectivity index (χ0v) is 10.5. The van der Waals surface area contributed by atoms with Crippen molar-refractivity contribution >= 4 is 11.9 Å². The molecule has 1 saturated heterocycles. The Morgan fingerprint density at radius 3 is 2.82 bits per heavy atom. The van der Waals surface area contributed by atoms with E-state index < -0.39 is 5.54 Å². The van der Waals surface area contributed by atoms with E-state index in [1.165, 1.54) is 0 Å². The standard InChI is InChI=1S/C12H18N4O/c1-5-8(2)16-11(17)14-10(13)12(16)6-9(3)15(4)7-12/h1,8-9H,6-7H2,2-4H3,(H2,13,14,17). The van der Waals surface area contributed by atoms with Crippen molar-refractivity contribution in [3.63, 3.8) is 0 Å². The molecule has 3 atom stereocenters. The summed E-state index contributed by atoms with van der Waals surface area (Å²) in [6, 6.07) is -0.233. The molecule has 2 amide bonds. The van der Waals surface area contributed by atoms with Gasteiger partial charge in [-0.05, 0) is 27.3 Å². The highest BCUT2D eigenvalue weighted by Gasteiger charge is 2.55. The number of amidine groups is 1. The zero-order chi connectivity index (χ0) is 12.8. The van der Waals surface area contributed by atoms with Crippen molar-refractivity contribution in [2.24, 2.45) is 10.7 Å². The zero-order valence-electron chi connectivity index (χ0n) is 10.5. The van der Waals surface area contributed by atoms with E-state index in [1.54, 1.807) is 4.90 Å². The van der Waals surface area contributed by atoms with Crippen LogP contribution in [0.25, 0.3) is 0 Å². The first-order chi connectivity index (χ1) is 7.92. The van der Waals surface area contributed by atoms with Crippen molar-refractivity contribution in [2.75, 3.05) is 13.6 Å². The van der Waals surface area contributed by atoms with Crippen LogP contribution in [0, 0.1) is 12.3 Å². The molecule has 2 rings (SSSR count). The van der Waals surface area contributed by atoms with Crippen molar-refractivity contribution in [3.8, 4) is 12.3 Å². The number of carbonyl (C=O) groups is 1. The number of aliphatic imine (C=N–C) groups is 1. The number of urea groups is 1. The van der Waals surface area contributed by atoms with Crippen molar-refractivity contribution in [1.29, 1.82) is 0 Å². The number of likely N-dealkylation sites (tertiary alicyclic amines) is 1. The van der Waals surface area contributed by atoms with Gasteiger partial charge in [0.2, 0.25) is 0 Å². The fourth-order valence-electron chi connectivity index (χ4n) is 2.82. The second kappa shape index (κ2) is 3.74. The van der Waals surface area contributed by atoms with Crippen LogP contribution in [0.2, 0.25) is 0 Å². The normalized spacial score (nSPS) is 35.2. The van der Waals surface area contributed by atoms with E-state index in [0.717, 1.165) is 6.42 Å². The van der Waals surface area contributed by atoms with E-state index in [2.05, 4.69) is 22.7 Å². The van der Waals surface area contributed by atoms with Crippen LogP contribution in [0.3, 0.4) is 0 Å². The Balaban J connectivity index is 2.40. The van der Waals surface area contributed by atoms with E-state index in [4.69, 9.17) is 12.2 Å². The van der Waals surface area contributed by atoms with Gasteiger partial charge in [0.1, 0.15) is 11.4 Å². The van der Waals surface area contributed by atoms with Gasteiger partial charge in [-0.3, -0.25) is 4.90 Å². The lowest BCUT2D eigenvalue weighted by molar-refractivity contribution is 0.161. The second-order valence-electron chi connectivity index (χ2n) is 4.99. The van der Waals surface area contributed by atoms with E-state index in [1.807, 2.05) is 14.0 Å². The number of amides is 2. The molecule has 5 heteroatoms. The molecule has 0 aromatic rings. The monoisotopic (exact) mass is 234 g/mol. The summed E-state index contributed by atoms with van der Waals surface area (Å²) in [7, 11) is 2.02. The first-order valence-corrected chi connectivity index (χ1v) is 5.76. The first kappa shape index (κ1) is 11.9. The van der Waals surface area contributed by atoms with Gasteiger partial charge >= 0.3 is 6.03 Å². The van der Waals surface area contributed by atoms with Gasteiger partial charge < -0.3 is 10.6 Å². The fraction of sp³-hybridized carbons (Fsp3) is 0.667. The topological polar surface area (TPSA) is 61.9 Å². The number of hydrogen-bond donors (Lipinski definition) is 1. The molecule has 3 unspecified atom stereocenters. The van der Waals surface area contributed by atoms with Crippen molar-refractivity contribution in [2.45, 2.75) is 37.9 Å². The van der Waals surface area contributed by atoms with Crippen LogP contribution in [0.5, 0.6) is 0 Å². The third kappa shape index (κ3) is 1.52. The van der Waals surface area contributed by atoms with E-state index >= 15 is 0 Å². The molecule has 0 saturated carbocycles. The summed E-state index contributed by atoms with van der Waals surface area (Å²) in [5.74, 6) is 3.00. The highest BCUT2D eigenvalue weighted by Crippen LogP contribution is 2.36. The highest BCUT2D eigenvalue weighted by molar-refractivity contribution is 6.06. The Kier molecular flexibility index (Phi) is 2.63. The van der Waals surface area contributed by atoms with Gasteiger partial charge in [0.15, 0.2) is 0 Å². The van der Waals surface area contributed by atoms with Gasteiger partial charge in [-0.15, -0.1) is 6.42 Å². The lowest BCUT2D eigenvalue weighted by atomic mass is 9.92. The summed E-state index contributed by atoms with van der Waals surface area (Å²) >= 11 is 0. The molecular formula is C12H18N4O. The van der Waals surface area contributed by atoms with Gasteiger partial charge in [-0.1, -0.05) is 5.92 Å². The van der Waals surface area contributed by atoms with Crippen LogP contribution in [0.1, 0.15) is 20.3 Å². The molecule has 17 heavy (non-hydrogen) atoms. The minimum Gasteiger partial charge on any atom is -0.385 e. The molecule has 0 aliphatic carbocycles. The smallest absolute Gasteiger partial charge is 0.347 e. The van der Waals surface area contributed by atoms with Crippen LogP contribution in [0.4, 0.5) is 4.79 Å². The molecule has 0 aromatic carbocycles. The highest BCUT2D eigenvalue weighted by atomic mass is 16.2. The summed E-state index contributed by atoms with van der Waals surface area (Å²) in [5.41, 5.74) is 5.46. The number of nitrogens with zero attached hydrogens (tertiary/aromatic N) is 3. The third-order valence-corrected chi connectivity index (χ3v) is 3.89. The lowest BCUT2D eigenvalue weighted by Crippen LogP contribution is -2.58. The molecule has 2 aliphatic rings. The molecule has 0 bridgehead atoms. The van der Waals surface area contributed by atoms with Crippen LogP contribution >= 0.6 is 0 Å². The lowest BCUT2D eigenvalue weighted by Gasteiger charge is -2.36. The Hall–Kier alpha value is -1.54. The van der Waals surface area contributed by atoms with Crippen LogP contribution < -0.4 is 5.73 Å². The van der Waals surface area contributed by atoms with Gasteiger partial charge in [-0.25, -0.2) is 4.79 Å². The number of likely N-dealkylation sites (N-methyl/N-ethyl adjacent to an activating group) is 1. The molecule has 2 aliphatic heterocycles. The van der Waals surface area contributed by atoms with E-state index in [-0.39, 0.29) is 12.1 Å². The number of nitrogens with two attached hydrogens (primary N) is 1. The summed E-state index contributed by atoms with van der Waals surface area (Å²) in [6.45, 7) is 4.64. The summed E-state index contributed by atoms with van der Waals surface area (Å²) in [5, 5.41) is 0. The molecular weight excluding hydrogens is 216 g/mol. The van der Waals surface area contributed by atoms with Crippen molar-refractivity contribution in [1.82, 2.24) is 9.80 Å². The second-order valence-corrected chi connectivity index (χ2v) is 4.99. The SMILES string of the molecule is C#CC(C)N1C(=O)N=C(N)C12CC(C)N(C)C2. The average Bonchev–Trinajstić information content (AvgIpc) is 2.67. The number of terminal acetylenes is 1. The molecule has 1 spiro atoms. The van der Waals surface area contributed by atoms with Crippen LogP contribution in [0.15, 0.2) is 4.99 Å². The minimum atomic E-state index is -0.503. The van der Waals surface area contributed by atoms with Crippen molar-refractivity contribution in [3.05, 3.63) is 0 Å². The van der Waals surface area contributed by atoms with Gasteiger partial charge in [0.05, 0.1) is 6.04 Å². The summed E-state index contributed by atoms with van der Waals surface area (Å²) < 4.78 is 0. The van der Waals surface area contributed by atoms with Gasteiger partial charge in [0.25, 0.3) is 0 Å². The third-order valence-electron chi connectivity index (χ3n) is 3.89. The minimum absolute atomic E-state index is 0.286. The number of rotatable bonds is 1. The molecule has 2 heterocycles. The van der Waals surface area contributed by atoms with Gasteiger partial charge in [0, 0.05) is 12.6 Å². The maximum Gasteiger partial charge on any atom is 0.347 e. The maximum atomic E-state index is 11.9. The predicted octanol–water partition coefficient (Wildman–Crippen LogP) is 0.264. The predicted molar refractivity (Wildman–Crippen MR) is 66.6 cm³/mol. The average molecular weight is 234 g/mol. The quantitative estimate of drug-likeness (QED) is 0.662. The Morgan fingerprint density at radius 1 is 1.71 bits per heavy atom. The van der Waals surface area contributed by atoms with Gasteiger partial charge in [-0.2, -0.15) is 4.99 Å². The largest absolute Gasteiger partial charge is 0.385 e. The molecule has 5 nitrogen and oxygen atoms in total. The molecule has 0 aromatic heterocycles. The Labute approximate surface area is 102 Å². The summed E-state index contributed by atoms with van der Waals surface area (Å²) in [6.07, 6.45) is 6.22. The molecule has 1 fully saturated rings. The number of hydrogen-bond acceptors (Lipinski definition) is 3. The van der Waals surface area contributed by atoms with E-state index in [9.17, 15) is 4.79 Å². The first-order valence-electron chi connectivity index (χ1n) is 5.76. The van der Waals surface area contributed by atoms with Crippen molar-refractivity contribution < 1.29 is 4.79 Å². The Morgan fingerprint density at radius 2 is 2.35 bits per heavy atom. The molecule has 2 N–H and O–H groups in total. The maximum absolute atomic E-state index is 11.9. The molecule has 0 radical (unpaired) electrons. The number of carbonyl (C=O) groups excluding carboxylic acids is 1.